The van der Waals surface area contributed by atoms with Gasteiger partial charge in [-0.25, -0.2) is 0 Å². The van der Waals surface area contributed by atoms with Gasteiger partial charge in [-0.15, -0.1) is 0 Å². The molecule has 74 valence electrons. The SMILES string of the molecule is N=C(c1ccc(Cl)cc1)c1ccccn1. The standard InChI is InChI=1S/C12H9ClN2/c13-10-6-4-9(5-7-10)12(14)11-3-1-2-8-15-11/h1-8,14H. The largest absolute Gasteiger partial charge is 0.298 e. The summed E-state index contributed by atoms with van der Waals surface area (Å²) in [5.41, 5.74) is 1.89. The normalized spacial score (nSPS) is 9.93. The van der Waals surface area contributed by atoms with Crippen LogP contribution in [0.5, 0.6) is 0 Å². The second-order valence-electron chi connectivity index (χ2n) is 3.10. The van der Waals surface area contributed by atoms with Crippen LogP contribution in [0.25, 0.3) is 0 Å². The van der Waals surface area contributed by atoms with Crippen LogP contribution < -0.4 is 0 Å². The summed E-state index contributed by atoms with van der Waals surface area (Å²) in [6.07, 6.45) is 1.68. The maximum atomic E-state index is 7.94. The maximum Gasteiger partial charge on any atom is 0.0885 e. The molecule has 0 radical (unpaired) electrons. The molecule has 0 fully saturated rings. The van der Waals surface area contributed by atoms with Gasteiger partial charge in [0, 0.05) is 16.8 Å². The van der Waals surface area contributed by atoms with Gasteiger partial charge in [0.15, 0.2) is 0 Å². The molecule has 1 N–H and O–H groups in total. The van der Waals surface area contributed by atoms with Crippen LogP contribution in [0.15, 0.2) is 48.7 Å². The number of hydrogen-bond donors (Lipinski definition) is 1. The third-order valence-electron chi connectivity index (χ3n) is 2.05. The van der Waals surface area contributed by atoms with E-state index in [1.165, 1.54) is 0 Å². The Hall–Kier alpha value is -1.67. The minimum Gasteiger partial charge on any atom is -0.298 e. The fraction of sp³-hybridized carbons (Fsp3) is 0. The number of rotatable bonds is 2. The first-order chi connectivity index (χ1) is 7.27. The number of aromatic nitrogens is 1. The van der Waals surface area contributed by atoms with Crippen molar-refractivity contribution in [2.24, 2.45) is 0 Å². The molecule has 2 aromatic rings. The second-order valence-corrected chi connectivity index (χ2v) is 3.53. The lowest BCUT2D eigenvalue weighted by molar-refractivity contribution is 1.27. The molecule has 0 unspecified atom stereocenters. The van der Waals surface area contributed by atoms with Crippen LogP contribution in [-0.2, 0) is 0 Å². The minimum absolute atomic E-state index is 0.410. The second kappa shape index (κ2) is 4.24. The van der Waals surface area contributed by atoms with E-state index < -0.39 is 0 Å². The molecule has 1 heterocycles. The smallest absolute Gasteiger partial charge is 0.0885 e. The van der Waals surface area contributed by atoms with Crippen LogP contribution in [0.4, 0.5) is 0 Å². The number of halogens is 1. The number of nitrogens with one attached hydrogen (secondary N) is 1. The van der Waals surface area contributed by atoms with Gasteiger partial charge in [-0.05, 0) is 24.3 Å². The van der Waals surface area contributed by atoms with Crippen molar-refractivity contribution < 1.29 is 0 Å². The number of hydrogen-bond acceptors (Lipinski definition) is 2. The van der Waals surface area contributed by atoms with Crippen LogP contribution >= 0.6 is 11.6 Å². The molecule has 0 aliphatic rings. The molecule has 2 nitrogen and oxygen atoms in total. The first kappa shape index (κ1) is 9.87. The Balaban J connectivity index is 2.33. The van der Waals surface area contributed by atoms with Crippen LogP contribution in [0.2, 0.25) is 5.02 Å². The summed E-state index contributed by atoms with van der Waals surface area (Å²) in [5, 5.41) is 8.61. The van der Waals surface area contributed by atoms with E-state index >= 15 is 0 Å². The van der Waals surface area contributed by atoms with Crippen molar-refractivity contribution in [3.8, 4) is 0 Å². The Morgan fingerprint density at radius 3 is 2.40 bits per heavy atom. The highest BCUT2D eigenvalue weighted by molar-refractivity contribution is 6.30. The molecular formula is C12H9ClN2. The topological polar surface area (TPSA) is 36.7 Å². The van der Waals surface area contributed by atoms with E-state index in [2.05, 4.69) is 4.98 Å². The van der Waals surface area contributed by atoms with Gasteiger partial charge in [0.1, 0.15) is 0 Å². The van der Waals surface area contributed by atoms with Gasteiger partial charge in [-0.3, -0.25) is 10.4 Å². The molecule has 0 spiro atoms. The molecule has 15 heavy (non-hydrogen) atoms. The van der Waals surface area contributed by atoms with E-state index in [1.807, 2.05) is 30.3 Å². The van der Waals surface area contributed by atoms with Crippen LogP contribution in [0, 0.1) is 5.41 Å². The molecule has 0 amide bonds. The van der Waals surface area contributed by atoms with Crippen LogP contribution in [-0.4, -0.2) is 10.7 Å². The zero-order valence-electron chi connectivity index (χ0n) is 7.94. The van der Waals surface area contributed by atoms with Gasteiger partial charge in [-0.1, -0.05) is 29.8 Å². The summed E-state index contributed by atoms with van der Waals surface area (Å²) in [5.74, 6) is 0. The lowest BCUT2D eigenvalue weighted by Crippen LogP contribution is -2.02. The molecule has 0 saturated heterocycles. The Morgan fingerprint density at radius 2 is 1.80 bits per heavy atom. The summed E-state index contributed by atoms with van der Waals surface area (Å²) in [4.78, 5) is 4.12. The Morgan fingerprint density at radius 1 is 1.07 bits per heavy atom. The monoisotopic (exact) mass is 216 g/mol. The molecule has 1 aromatic heterocycles. The van der Waals surface area contributed by atoms with Crippen molar-refractivity contribution in [3.63, 3.8) is 0 Å². The van der Waals surface area contributed by atoms with E-state index in [-0.39, 0.29) is 0 Å². The molecule has 0 atom stereocenters. The van der Waals surface area contributed by atoms with Crippen molar-refractivity contribution in [1.29, 1.82) is 5.41 Å². The highest BCUT2D eigenvalue weighted by Gasteiger charge is 2.04. The molecule has 1 aromatic carbocycles. The van der Waals surface area contributed by atoms with E-state index in [0.29, 0.717) is 16.4 Å². The Labute approximate surface area is 93.1 Å². The highest BCUT2D eigenvalue weighted by Crippen LogP contribution is 2.12. The molecule has 0 aliphatic carbocycles. The number of benzene rings is 1. The fourth-order valence-electron chi connectivity index (χ4n) is 1.28. The summed E-state index contributed by atoms with van der Waals surface area (Å²) in [7, 11) is 0. The molecule has 3 heteroatoms. The van der Waals surface area contributed by atoms with E-state index in [9.17, 15) is 0 Å². The van der Waals surface area contributed by atoms with Crippen molar-refractivity contribution in [1.82, 2.24) is 4.98 Å². The number of nitrogens with zero attached hydrogens (tertiary/aromatic N) is 1. The minimum atomic E-state index is 0.410. The lowest BCUT2D eigenvalue weighted by Gasteiger charge is -2.02. The first-order valence-corrected chi connectivity index (χ1v) is 4.91. The summed E-state index contributed by atoms with van der Waals surface area (Å²) in [6.45, 7) is 0. The average molecular weight is 217 g/mol. The highest BCUT2D eigenvalue weighted by atomic mass is 35.5. The van der Waals surface area contributed by atoms with Crippen molar-refractivity contribution in [3.05, 3.63) is 64.9 Å². The zero-order chi connectivity index (χ0) is 10.7. The van der Waals surface area contributed by atoms with Crippen molar-refractivity contribution in [2.75, 3.05) is 0 Å². The van der Waals surface area contributed by atoms with Gasteiger partial charge in [0.05, 0.1) is 11.4 Å². The molecule has 0 aliphatic heterocycles. The van der Waals surface area contributed by atoms with Gasteiger partial charge < -0.3 is 0 Å². The van der Waals surface area contributed by atoms with E-state index in [4.69, 9.17) is 17.0 Å². The lowest BCUT2D eigenvalue weighted by atomic mass is 10.1. The molecule has 0 bridgehead atoms. The average Bonchev–Trinajstić information content (AvgIpc) is 2.30. The maximum absolute atomic E-state index is 7.94. The summed E-state index contributed by atoms with van der Waals surface area (Å²) >= 11 is 5.78. The van der Waals surface area contributed by atoms with Crippen molar-refractivity contribution in [2.45, 2.75) is 0 Å². The predicted octanol–water partition coefficient (Wildman–Crippen LogP) is 3.15. The summed E-state index contributed by atoms with van der Waals surface area (Å²) in [6, 6.07) is 12.7. The van der Waals surface area contributed by atoms with E-state index in [0.717, 1.165) is 5.56 Å². The van der Waals surface area contributed by atoms with Crippen LogP contribution in [0.3, 0.4) is 0 Å². The molecule has 2 rings (SSSR count). The van der Waals surface area contributed by atoms with Gasteiger partial charge >= 0.3 is 0 Å². The van der Waals surface area contributed by atoms with Gasteiger partial charge in [0.2, 0.25) is 0 Å². The zero-order valence-corrected chi connectivity index (χ0v) is 8.70. The van der Waals surface area contributed by atoms with Crippen molar-refractivity contribution >= 4 is 17.3 Å². The first-order valence-electron chi connectivity index (χ1n) is 4.53. The molecular weight excluding hydrogens is 208 g/mol. The Bertz CT molecular complexity index is 463. The summed E-state index contributed by atoms with van der Waals surface area (Å²) < 4.78 is 0. The fourth-order valence-corrected chi connectivity index (χ4v) is 1.40. The van der Waals surface area contributed by atoms with E-state index in [1.54, 1.807) is 18.3 Å². The third-order valence-corrected chi connectivity index (χ3v) is 2.31. The van der Waals surface area contributed by atoms with Gasteiger partial charge in [0.25, 0.3) is 0 Å². The quantitative estimate of drug-likeness (QED) is 0.770. The molecule has 0 saturated carbocycles. The number of pyridine rings is 1. The third kappa shape index (κ3) is 2.22. The van der Waals surface area contributed by atoms with Crippen LogP contribution in [0.1, 0.15) is 11.3 Å². The predicted molar refractivity (Wildman–Crippen MR) is 61.6 cm³/mol. The Kier molecular flexibility index (Phi) is 2.79. The van der Waals surface area contributed by atoms with Gasteiger partial charge in [-0.2, -0.15) is 0 Å².